The first-order chi connectivity index (χ1) is 7.75. The maximum atomic E-state index is 11.6. The third kappa shape index (κ3) is 2.84. The fourth-order valence-corrected chi connectivity index (χ4v) is 2.07. The van der Waals surface area contributed by atoms with Gasteiger partial charge in [0.15, 0.2) is 5.78 Å². The Morgan fingerprint density at radius 3 is 2.69 bits per heavy atom. The van der Waals surface area contributed by atoms with Crippen LogP contribution in [0.2, 0.25) is 0 Å². The number of ketones is 1. The van der Waals surface area contributed by atoms with Gasteiger partial charge in [0, 0.05) is 18.4 Å². The van der Waals surface area contributed by atoms with Gasteiger partial charge in [0.05, 0.1) is 6.26 Å². The highest BCUT2D eigenvalue weighted by Gasteiger charge is 2.07. The monoisotopic (exact) mass is 218 g/mol. The molecule has 2 rings (SSSR count). The molecule has 0 saturated heterocycles. The number of hydrogen-bond acceptors (Lipinski definition) is 2. The molecular weight excluding hydrogens is 200 g/mol. The summed E-state index contributed by atoms with van der Waals surface area (Å²) in [6.07, 6.45) is 9.70. The highest BCUT2D eigenvalue weighted by atomic mass is 16.3. The fraction of sp³-hybridized carbons (Fsp3) is 0.500. The number of furan rings is 1. The summed E-state index contributed by atoms with van der Waals surface area (Å²) >= 11 is 0. The molecule has 2 bridgehead atoms. The van der Waals surface area contributed by atoms with Gasteiger partial charge in [-0.05, 0) is 37.5 Å². The zero-order valence-corrected chi connectivity index (χ0v) is 9.79. The van der Waals surface area contributed by atoms with Crippen molar-refractivity contribution in [3.8, 4) is 0 Å². The van der Waals surface area contributed by atoms with Gasteiger partial charge in [-0.25, -0.2) is 0 Å². The van der Waals surface area contributed by atoms with Gasteiger partial charge in [-0.15, -0.1) is 0 Å². The van der Waals surface area contributed by atoms with E-state index in [0.717, 1.165) is 42.6 Å². The van der Waals surface area contributed by atoms with E-state index < -0.39 is 0 Å². The van der Waals surface area contributed by atoms with Crippen LogP contribution in [0, 0.1) is 0 Å². The van der Waals surface area contributed by atoms with E-state index in [1.54, 1.807) is 12.3 Å². The van der Waals surface area contributed by atoms with E-state index in [0.29, 0.717) is 6.42 Å². The molecule has 1 aliphatic rings. The van der Waals surface area contributed by atoms with Gasteiger partial charge in [0.2, 0.25) is 0 Å². The number of carbonyl (C=O) groups excluding carboxylic acids is 1. The van der Waals surface area contributed by atoms with Gasteiger partial charge in [0.1, 0.15) is 5.76 Å². The molecule has 1 aromatic rings. The summed E-state index contributed by atoms with van der Waals surface area (Å²) in [6.45, 7) is 1.97. The number of hydrogen-bond donors (Lipinski definition) is 0. The van der Waals surface area contributed by atoms with Crippen LogP contribution in [0.5, 0.6) is 0 Å². The van der Waals surface area contributed by atoms with Crippen LogP contribution in [0.1, 0.15) is 50.4 Å². The first kappa shape index (κ1) is 11.2. The number of fused-ring (bicyclic) bond motifs is 2. The standard InChI is InChI=1S/C14H18O2/c1-11-8-13(15)6-4-2-3-5-7-14-9-12(11)10-16-14/h8-10H,2-7H2,1H3/b11-8-. The minimum Gasteiger partial charge on any atom is -0.469 e. The second-order valence-electron chi connectivity index (χ2n) is 4.51. The molecule has 0 N–H and O–H groups in total. The van der Waals surface area contributed by atoms with E-state index in [2.05, 4.69) is 6.07 Å². The van der Waals surface area contributed by atoms with Crippen molar-refractivity contribution in [2.24, 2.45) is 0 Å². The largest absolute Gasteiger partial charge is 0.469 e. The zero-order chi connectivity index (χ0) is 11.4. The van der Waals surface area contributed by atoms with Crippen LogP contribution in [0.15, 0.2) is 22.8 Å². The lowest BCUT2D eigenvalue weighted by atomic mass is 10.0. The summed E-state index contributed by atoms with van der Waals surface area (Å²) in [4.78, 5) is 11.6. The van der Waals surface area contributed by atoms with Crippen molar-refractivity contribution in [3.05, 3.63) is 29.7 Å². The molecule has 0 fully saturated rings. The summed E-state index contributed by atoms with van der Waals surface area (Å²) in [5.74, 6) is 1.27. The molecule has 1 aliphatic carbocycles. The normalized spacial score (nSPS) is 21.8. The van der Waals surface area contributed by atoms with Gasteiger partial charge < -0.3 is 4.42 Å². The predicted octanol–water partition coefficient (Wildman–Crippen LogP) is 3.76. The first-order valence-electron chi connectivity index (χ1n) is 6.04. The number of aryl methyl sites for hydroxylation is 1. The summed E-state index contributed by atoms with van der Waals surface area (Å²) in [6, 6.07) is 2.06. The molecular formula is C14H18O2. The molecule has 0 amide bonds. The van der Waals surface area contributed by atoms with Crippen LogP contribution in [0.4, 0.5) is 0 Å². The number of allylic oxidation sites excluding steroid dienone is 2. The lowest BCUT2D eigenvalue weighted by Crippen LogP contribution is -1.95. The SMILES string of the molecule is C/C1=C/C(=O)CCCCCCc2cc1co2. The Morgan fingerprint density at radius 1 is 1.12 bits per heavy atom. The predicted molar refractivity (Wildman–Crippen MR) is 64.2 cm³/mol. The van der Waals surface area contributed by atoms with Gasteiger partial charge in [-0.3, -0.25) is 4.79 Å². The summed E-state index contributed by atoms with van der Waals surface area (Å²) < 4.78 is 5.48. The average Bonchev–Trinajstić information content (AvgIpc) is 2.70. The van der Waals surface area contributed by atoms with E-state index in [1.165, 1.54) is 6.42 Å². The molecule has 1 heterocycles. The molecule has 86 valence electrons. The van der Waals surface area contributed by atoms with Crippen molar-refractivity contribution in [1.82, 2.24) is 0 Å². The number of rotatable bonds is 0. The van der Waals surface area contributed by atoms with Crippen molar-refractivity contribution in [2.45, 2.75) is 45.4 Å². The molecule has 16 heavy (non-hydrogen) atoms. The van der Waals surface area contributed by atoms with Gasteiger partial charge in [0.25, 0.3) is 0 Å². The van der Waals surface area contributed by atoms with Crippen LogP contribution in [-0.2, 0) is 11.2 Å². The average molecular weight is 218 g/mol. The fourth-order valence-electron chi connectivity index (χ4n) is 2.07. The zero-order valence-electron chi connectivity index (χ0n) is 9.79. The molecule has 0 aliphatic heterocycles. The molecule has 0 spiro atoms. The Bertz CT molecular complexity index is 399. The molecule has 1 aromatic heterocycles. The Labute approximate surface area is 96.3 Å². The molecule has 0 aromatic carbocycles. The quantitative estimate of drug-likeness (QED) is 0.663. The summed E-state index contributed by atoms with van der Waals surface area (Å²) in [7, 11) is 0. The van der Waals surface area contributed by atoms with Gasteiger partial charge in [-0.1, -0.05) is 12.8 Å². The topological polar surface area (TPSA) is 30.2 Å². The van der Waals surface area contributed by atoms with Crippen LogP contribution in [-0.4, -0.2) is 5.78 Å². The van der Waals surface area contributed by atoms with Crippen molar-refractivity contribution in [3.63, 3.8) is 0 Å². The highest BCUT2D eigenvalue weighted by molar-refractivity contribution is 5.96. The second-order valence-corrected chi connectivity index (χ2v) is 4.51. The molecule has 0 atom stereocenters. The Kier molecular flexibility index (Phi) is 3.60. The first-order valence-corrected chi connectivity index (χ1v) is 6.04. The molecule has 0 saturated carbocycles. The molecule has 2 nitrogen and oxygen atoms in total. The van der Waals surface area contributed by atoms with E-state index in [-0.39, 0.29) is 5.78 Å². The number of carbonyl (C=O) groups is 1. The third-order valence-corrected chi connectivity index (χ3v) is 3.08. The Balaban J connectivity index is 2.21. The van der Waals surface area contributed by atoms with Gasteiger partial charge >= 0.3 is 0 Å². The van der Waals surface area contributed by atoms with Crippen molar-refractivity contribution < 1.29 is 9.21 Å². The maximum absolute atomic E-state index is 11.6. The van der Waals surface area contributed by atoms with Crippen LogP contribution < -0.4 is 0 Å². The molecule has 0 unspecified atom stereocenters. The molecule has 0 radical (unpaired) electrons. The summed E-state index contributed by atoms with van der Waals surface area (Å²) in [5, 5.41) is 0. The van der Waals surface area contributed by atoms with Crippen LogP contribution in [0.3, 0.4) is 0 Å². The van der Waals surface area contributed by atoms with E-state index >= 15 is 0 Å². The van der Waals surface area contributed by atoms with Crippen LogP contribution >= 0.6 is 0 Å². The molecule has 2 heteroatoms. The third-order valence-electron chi connectivity index (χ3n) is 3.08. The Hall–Kier alpha value is -1.31. The second kappa shape index (κ2) is 5.15. The smallest absolute Gasteiger partial charge is 0.155 e. The lowest BCUT2D eigenvalue weighted by Gasteiger charge is -2.01. The van der Waals surface area contributed by atoms with Crippen molar-refractivity contribution in [2.75, 3.05) is 0 Å². The minimum absolute atomic E-state index is 0.237. The van der Waals surface area contributed by atoms with Crippen molar-refractivity contribution in [1.29, 1.82) is 0 Å². The Morgan fingerprint density at radius 2 is 1.88 bits per heavy atom. The highest BCUT2D eigenvalue weighted by Crippen LogP contribution is 2.20. The summed E-state index contributed by atoms with van der Waals surface area (Å²) in [5.41, 5.74) is 2.06. The van der Waals surface area contributed by atoms with Crippen molar-refractivity contribution >= 4 is 11.4 Å². The van der Waals surface area contributed by atoms with Gasteiger partial charge in [-0.2, -0.15) is 0 Å². The van der Waals surface area contributed by atoms with E-state index in [9.17, 15) is 4.79 Å². The van der Waals surface area contributed by atoms with Crippen LogP contribution in [0.25, 0.3) is 5.57 Å². The lowest BCUT2D eigenvalue weighted by molar-refractivity contribution is -0.114. The minimum atomic E-state index is 0.237. The van der Waals surface area contributed by atoms with E-state index in [1.807, 2.05) is 6.92 Å². The van der Waals surface area contributed by atoms with E-state index in [4.69, 9.17) is 4.42 Å². The maximum Gasteiger partial charge on any atom is 0.155 e.